The SMILES string of the molecule is COc1cc2c(Nc3ccc4nc(N)sc4c3)c(C#N)cnc2cc1OCCCN1CCNCC1. The third-order valence-corrected chi connectivity index (χ3v) is 6.88. The molecule has 1 fully saturated rings. The van der Waals surface area contributed by atoms with E-state index in [2.05, 4.69) is 31.6 Å². The minimum absolute atomic E-state index is 0.438. The number of thiazole rings is 1. The number of nitrogens with two attached hydrogens (primary N) is 1. The third kappa shape index (κ3) is 5.07. The topological polar surface area (TPSA) is 121 Å². The van der Waals surface area contributed by atoms with E-state index < -0.39 is 0 Å². The molecule has 0 aliphatic carbocycles. The van der Waals surface area contributed by atoms with Crippen molar-refractivity contribution in [3.63, 3.8) is 0 Å². The Kier molecular flexibility index (Phi) is 6.81. The van der Waals surface area contributed by atoms with Crippen LogP contribution in [0, 0.1) is 11.3 Å². The number of aromatic nitrogens is 2. The number of nitrogen functional groups attached to an aromatic ring is 1. The summed E-state index contributed by atoms with van der Waals surface area (Å²) in [6.45, 7) is 5.82. The number of pyridine rings is 1. The lowest BCUT2D eigenvalue weighted by atomic mass is 10.1. The maximum absolute atomic E-state index is 9.74. The van der Waals surface area contributed by atoms with Gasteiger partial charge in [0, 0.05) is 56.1 Å². The fraction of sp³-hybridized carbons (Fsp3) is 0.320. The number of nitriles is 1. The van der Waals surface area contributed by atoms with E-state index in [1.807, 2.05) is 30.3 Å². The third-order valence-electron chi connectivity index (χ3n) is 6.03. The van der Waals surface area contributed by atoms with Crippen LogP contribution < -0.4 is 25.8 Å². The van der Waals surface area contributed by atoms with Crippen LogP contribution in [-0.2, 0) is 0 Å². The van der Waals surface area contributed by atoms with Crippen molar-refractivity contribution in [1.29, 1.82) is 5.26 Å². The van der Waals surface area contributed by atoms with Crippen LogP contribution >= 0.6 is 11.3 Å². The summed E-state index contributed by atoms with van der Waals surface area (Å²) in [5.41, 5.74) is 9.34. The Balaban J connectivity index is 1.39. The van der Waals surface area contributed by atoms with Crippen molar-refractivity contribution in [2.45, 2.75) is 6.42 Å². The first kappa shape index (κ1) is 23.1. The predicted octanol–water partition coefficient (Wildman–Crippen LogP) is 3.72. The molecule has 5 rings (SSSR count). The van der Waals surface area contributed by atoms with E-state index in [1.165, 1.54) is 11.3 Å². The molecular weight excluding hydrogens is 462 g/mol. The lowest BCUT2D eigenvalue weighted by Gasteiger charge is -2.27. The number of benzene rings is 2. The maximum atomic E-state index is 9.74. The lowest BCUT2D eigenvalue weighted by molar-refractivity contribution is 0.211. The monoisotopic (exact) mass is 489 g/mol. The molecule has 0 atom stereocenters. The molecule has 0 radical (unpaired) electrons. The van der Waals surface area contributed by atoms with Crippen molar-refractivity contribution < 1.29 is 9.47 Å². The summed E-state index contributed by atoms with van der Waals surface area (Å²) in [6.07, 6.45) is 2.51. The first-order valence-electron chi connectivity index (χ1n) is 11.5. The summed E-state index contributed by atoms with van der Waals surface area (Å²) in [4.78, 5) is 11.3. The molecule has 4 N–H and O–H groups in total. The number of hydrogen-bond acceptors (Lipinski definition) is 10. The van der Waals surface area contributed by atoms with Crippen molar-refractivity contribution in [2.75, 3.05) is 57.5 Å². The first-order chi connectivity index (χ1) is 17.1. The molecule has 9 nitrogen and oxygen atoms in total. The summed E-state index contributed by atoms with van der Waals surface area (Å²) in [5, 5.41) is 17.8. The summed E-state index contributed by atoms with van der Waals surface area (Å²) in [5.74, 6) is 1.25. The van der Waals surface area contributed by atoms with Gasteiger partial charge in [0.1, 0.15) is 6.07 Å². The molecule has 3 heterocycles. The van der Waals surface area contributed by atoms with Crippen molar-refractivity contribution in [3.8, 4) is 17.6 Å². The molecule has 0 bridgehead atoms. The molecule has 0 saturated carbocycles. The standard InChI is InChI=1S/C25H27N7O2S/c1-33-21-12-18-20(13-22(21)34-10-2-7-32-8-5-28-6-9-32)29-15-16(14-26)24(18)30-17-3-4-19-23(11-17)35-25(27)31-19/h3-4,11-13,15,28H,2,5-10H2,1H3,(H2,27,31)(H,29,30). The Labute approximate surface area is 207 Å². The van der Waals surface area contributed by atoms with Crippen LogP contribution in [0.2, 0.25) is 0 Å². The van der Waals surface area contributed by atoms with Gasteiger partial charge in [-0.05, 0) is 30.7 Å². The molecule has 4 aromatic rings. The molecule has 0 unspecified atom stereocenters. The van der Waals surface area contributed by atoms with Gasteiger partial charge in [0.2, 0.25) is 0 Å². The molecule has 0 amide bonds. The second-order valence-electron chi connectivity index (χ2n) is 8.33. The van der Waals surface area contributed by atoms with Gasteiger partial charge < -0.3 is 30.7 Å². The fourth-order valence-corrected chi connectivity index (χ4v) is 5.03. The minimum Gasteiger partial charge on any atom is -0.493 e. The Bertz CT molecular complexity index is 1390. The highest BCUT2D eigenvalue weighted by Gasteiger charge is 2.16. The second-order valence-corrected chi connectivity index (χ2v) is 9.39. The molecular formula is C25H27N7O2S. The van der Waals surface area contributed by atoms with Crippen LogP contribution in [0.5, 0.6) is 11.5 Å². The number of methoxy groups -OCH3 is 1. The highest BCUT2D eigenvalue weighted by molar-refractivity contribution is 7.22. The first-order valence-corrected chi connectivity index (χ1v) is 12.4. The number of ether oxygens (including phenoxy) is 2. The van der Waals surface area contributed by atoms with E-state index in [0.717, 1.165) is 60.4 Å². The zero-order valence-corrected chi connectivity index (χ0v) is 20.3. The Morgan fingerprint density at radius 2 is 2.06 bits per heavy atom. The molecule has 1 aliphatic rings. The van der Waals surface area contributed by atoms with Gasteiger partial charge in [-0.3, -0.25) is 4.98 Å². The zero-order valence-electron chi connectivity index (χ0n) is 19.5. The van der Waals surface area contributed by atoms with E-state index in [-0.39, 0.29) is 0 Å². The van der Waals surface area contributed by atoms with Gasteiger partial charge in [0.15, 0.2) is 16.6 Å². The van der Waals surface area contributed by atoms with Crippen LogP contribution in [0.25, 0.3) is 21.1 Å². The highest BCUT2D eigenvalue weighted by atomic mass is 32.1. The van der Waals surface area contributed by atoms with Crippen LogP contribution in [0.3, 0.4) is 0 Å². The number of nitrogens with zero attached hydrogens (tertiary/aromatic N) is 4. The number of piperazine rings is 1. The van der Waals surface area contributed by atoms with E-state index in [4.69, 9.17) is 15.2 Å². The summed E-state index contributed by atoms with van der Waals surface area (Å²) in [6, 6.07) is 11.8. The summed E-state index contributed by atoms with van der Waals surface area (Å²) >= 11 is 1.42. The van der Waals surface area contributed by atoms with Gasteiger partial charge in [-0.15, -0.1) is 0 Å². The van der Waals surface area contributed by atoms with Crippen LogP contribution in [0.1, 0.15) is 12.0 Å². The van der Waals surface area contributed by atoms with Gasteiger partial charge in [-0.25, -0.2) is 4.98 Å². The summed E-state index contributed by atoms with van der Waals surface area (Å²) < 4.78 is 12.7. The van der Waals surface area contributed by atoms with Gasteiger partial charge in [-0.2, -0.15) is 5.26 Å². The average molecular weight is 490 g/mol. The van der Waals surface area contributed by atoms with Crippen molar-refractivity contribution in [2.24, 2.45) is 0 Å². The number of fused-ring (bicyclic) bond motifs is 2. The Hall–Kier alpha value is -3.65. The predicted molar refractivity (Wildman–Crippen MR) is 140 cm³/mol. The van der Waals surface area contributed by atoms with Gasteiger partial charge in [0.25, 0.3) is 0 Å². The highest BCUT2D eigenvalue weighted by Crippen LogP contribution is 2.38. The van der Waals surface area contributed by atoms with Gasteiger partial charge >= 0.3 is 0 Å². The molecule has 180 valence electrons. The second kappa shape index (κ2) is 10.3. The molecule has 2 aromatic carbocycles. The zero-order chi connectivity index (χ0) is 24.2. The van der Waals surface area contributed by atoms with Gasteiger partial charge in [0.05, 0.1) is 40.7 Å². The van der Waals surface area contributed by atoms with Crippen LogP contribution in [0.15, 0.2) is 36.5 Å². The maximum Gasteiger partial charge on any atom is 0.181 e. The number of anilines is 3. The minimum atomic E-state index is 0.438. The van der Waals surface area contributed by atoms with Crippen molar-refractivity contribution >= 4 is 49.0 Å². The molecule has 2 aromatic heterocycles. The number of hydrogen-bond donors (Lipinski definition) is 3. The number of rotatable bonds is 8. The van der Waals surface area contributed by atoms with E-state index in [0.29, 0.717) is 40.0 Å². The molecule has 10 heteroatoms. The number of nitrogens with one attached hydrogen (secondary N) is 2. The van der Waals surface area contributed by atoms with Crippen LogP contribution in [0.4, 0.5) is 16.5 Å². The van der Waals surface area contributed by atoms with Crippen LogP contribution in [-0.4, -0.2) is 61.3 Å². The molecule has 35 heavy (non-hydrogen) atoms. The molecule has 0 spiro atoms. The largest absolute Gasteiger partial charge is 0.493 e. The van der Waals surface area contributed by atoms with Crippen molar-refractivity contribution in [1.82, 2.24) is 20.2 Å². The van der Waals surface area contributed by atoms with E-state index in [1.54, 1.807) is 13.3 Å². The smallest absolute Gasteiger partial charge is 0.181 e. The average Bonchev–Trinajstić information content (AvgIpc) is 3.26. The van der Waals surface area contributed by atoms with Crippen molar-refractivity contribution in [3.05, 3.63) is 42.1 Å². The fourth-order valence-electron chi connectivity index (χ4n) is 4.26. The Morgan fingerprint density at radius 1 is 1.20 bits per heavy atom. The summed E-state index contributed by atoms with van der Waals surface area (Å²) in [7, 11) is 1.62. The quantitative estimate of drug-likeness (QED) is 0.318. The van der Waals surface area contributed by atoms with Gasteiger partial charge in [-0.1, -0.05) is 11.3 Å². The molecule has 1 aliphatic heterocycles. The normalized spacial score (nSPS) is 14.2. The molecule has 1 saturated heterocycles. The van der Waals surface area contributed by atoms with E-state index in [9.17, 15) is 5.26 Å². The lowest BCUT2D eigenvalue weighted by Crippen LogP contribution is -2.43. The van der Waals surface area contributed by atoms with E-state index >= 15 is 0 Å². The Morgan fingerprint density at radius 3 is 2.86 bits per heavy atom.